The van der Waals surface area contributed by atoms with Gasteiger partial charge in [-0.25, -0.2) is 0 Å². The van der Waals surface area contributed by atoms with Gasteiger partial charge in [0.2, 0.25) is 5.95 Å². The molecule has 0 fully saturated rings. The van der Waals surface area contributed by atoms with E-state index in [1.54, 1.807) is 24.1 Å². The first-order chi connectivity index (χ1) is 18.6. The minimum absolute atomic E-state index is 0.285. The van der Waals surface area contributed by atoms with Gasteiger partial charge in [0.25, 0.3) is 5.56 Å². The van der Waals surface area contributed by atoms with E-state index in [4.69, 9.17) is 23.2 Å². The Bertz CT molecular complexity index is 1540. The van der Waals surface area contributed by atoms with Crippen molar-refractivity contribution in [3.05, 3.63) is 121 Å². The van der Waals surface area contributed by atoms with E-state index in [1.807, 2.05) is 41.0 Å². The Labute approximate surface area is 234 Å². The highest BCUT2D eigenvalue weighted by atomic mass is 35.5. The van der Waals surface area contributed by atoms with E-state index in [-0.39, 0.29) is 12.1 Å². The quantitative estimate of drug-likeness (QED) is 0.254. The van der Waals surface area contributed by atoms with Crippen LogP contribution in [0.15, 0.2) is 77.6 Å². The largest absolute Gasteiger partial charge is 0.416 e. The van der Waals surface area contributed by atoms with Crippen LogP contribution in [0.4, 0.5) is 24.8 Å². The maximum Gasteiger partial charge on any atom is 0.416 e. The van der Waals surface area contributed by atoms with Gasteiger partial charge in [-0.2, -0.15) is 18.2 Å². The molecule has 0 unspecified atom stereocenters. The van der Waals surface area contributed by atoms with Crippen LogP contribution in [-0.4, -0.2) is 23.1 Å². The lowest BCUT2D eigenvalue weighted by Gasteiger charge is -2.34. The molecule has 10 heteroatoms. The molecule has 0 N–H and O–H groups in total. The maximum absolute atomic E-state index is 13.3. The van der Waals surface area contributed by atoms with E-state index < -0.39 is 11.7 Å². The number of aromatic nitrogens is 2. The van der Waals surface area contributed by atoms with E-state index in [0.717, 1.165) is 29.1 Å². The lowest BCUT2D eigenvalue weighted by atomic mass is 10.0. The lowest BCUT2D eigenvalue weighted by Crippen LogP contribution is -2.39. The zero-order valence-electron chi connectivity index (χ0n) is 21.1. The van der Waals surface area contributed by atoms with E-state index in [2.05, 4.69) is 9.88 Å². The summed E-state index contributed by atoms with van der Waals surface area (Å²) in [6.07, 6.45) is -3.80. The van der Waals surface area contributed by atoms with Gasteiger partial charge in [-0.15, -0.1) is 0 Å². The van der Waals surface area contributed by atoms with Crippen molar-refractivity contribution in [2.45, 2.75) is 32.2 Å². The third-order valence-corrected chi connectivity index (χ3v) is 7.58. The molecular formula is C29H25Cl2F3N4O. The summed E-state index contributed by atoms with van der Waals surface area (Å²) < 4.78 is 41.1. The van der Waals surface area contributed by atoms with Crippen LogP contribution in [0.3, 0.4) is 0 Å². The van der Waals surface area contributed by atoms with Crippen LogP contribution in [0.25, 0.3) is 0 Å². The van der Waals surface area contributed by atoms with Gasteiger partial charge in [-0.05, 0) is 41.5 Å². The summed E-state index contributed by atoms with van der Waals surface area (Å²) in [5.41, 5.74) is 3.06. The van der Waals surface area contributed by atoms with Crippen LogP contribution in [-0.2, 0) is 32.2 Å². The van der Waals surface area contributed by atoms with Gasteiger partial charge < -0.3 is 14.4 Å². The summed E-state index contributed by atoms with van der Waals surface area (Å²) in [6.45, 7) is 1.81. The normalized spacial score (nSPS) is 13.3. The first-order valence-electron chi connectivity index (χ1n) is 12.3. The maximum atomic E-state index is 13.3. The molecule has 1 aliphatic heterocycles. The van der Waals surface area contributed by atoms with Crippen LogP contribution in [0.2, 0.25) is 10.0 Å². The summed E-state index contributed by atoms with van der Waals surface area (Å²) in [7, 11) is 1.79. The highest BCUT2D eigenvalue weighted by Gasteiger charge is 2.30. The predicted molar refractivity (Wildman–Crippen MR) is 149 cm³/mol. The molecular weight excluding hydrogens is 548 g/mol. The van der Waals surface area contributed by atoms with Gasteiger partial charge in [-0.1, -0.05) is 65.7 Å². The molecule has 0 bridgehead atoms. The molecule has 0 saturated heterocycles. The zero-order chi connectivity index (χ0) is 27.7. The smallest absolute Gasteiger partial charge is 0.366 e. The highest BCUT2D eigenvalue weighted by molar-refractivity contribution is 6.42. The number of alkyl halides is 3. The number of hydrogen-bond donors (Lipinski definition) is 0. The van der Waals surface area contributed by atoms with Crippen LogP contribution < -0.4 is 15.4 Å². The Balaban J connectivity index is 1.50. The van der Waals surface area contributed by atoms with Gasteiger partial charge in [0, 0.05) is 37.9 Å². The molecule has 0 spiro atoms. The molecule has 0 atom stereocenters. The van der Waals surface area contributed by atoms with E-state index in [9.17, 15) is 18.0 Å². The molecule has 3 aromatic carbocycles. The van der Waals surface area contributed by atoms with Crippen LogP contribution in [0.1, 0.15) is 27.9 Å². The number of hydrogen-bond acceptors (Lipinski definition) is 4. The first kappa shape index (κ1) is 27.1. The van der Waals surface area contributed by atoms with E-state index in [1.165, 1.54) is 12.1 Å². The van der Waals surface area contributed by atoms with Gasteiger partial charge in [-0.3, -0.25) is 4.79 Å². The third-order valence-electron chi connectivity index (χ3n) is 6.84. The molecule has 5 rings (SSSR count). The summed E-state index contributed by atoms with van der Waals surface area (Å²) in [5.74, 6) is 0.463. The fourth-order valence-corrected chi connectivity index (χ4v) is 5.14. The Morgan fingerprint density at radius 3 is 2.33 bits per heavy atom. The van der Waals surface area contributed by atoms with Crippen molar-refractivity contribution in [1.82, 2.24) is 9.55 Å². The highest BCUT2D eigenvalue weighted by Crippen LogP contribution is 2.32. The molecule has 2 heterocycles. The molecule has 1 aliphatic rings. The molecule has 202 valence electrons. The molecule has 39 heavy (non-hydrogen) atoms. The lowest BCUT2D eigenvalue weighted by molar-refractivity contribution is -0.137. The van der Waals surface area contributed by atoms with E-state index >= 15 is 0 Å². The zero-order valence-corrected chi connectivity index (χ0v) is 22.6. The van der Waals surface area contributed by atoms with Crippen molar-refractivity contribution in [1.29, 1.82) is 0 Å². The number of nitrogens with zero attached hydrogens (tertiary/aromatic N) is 4. The van der Waals surface area contributed by atoms with Crippen molar-refractivity contribution in [2.24, 2.45) is 0 Å². The van der Waals surface area contributed by atoms with Crippen LogP contribution in [0, 0.1) is 0 Å². The number of benzene rings is 3. The molecule has 1 aromatic heterocycles. The molecule has 5 nitrogen and oxygen atoms in total. The molecule has 0 amide bonds. The summed E-state index contributed by atoms with van der Waals surface area (Å²) in [6, 6.07) is 20.3. The van der Waals surface area contributed by atoms with Gasteiger partial charge in [0.15, 0.2) is 0 Å². The van der Waals surface area contributed by atoms with Crippen molar-refractivity contribution >= 4 is 34.8 Å². The average Bonchev–Trinajstić information content (AvgIpc) is 2.92. The fourth-order valence-electron chi connectivity index (χ4n) is 4.85. The topological polar surface area (TPSA) is 41.4 Å². The van der Waals surface area contributed by atoms with Crippen molar-refractivity contribution in [3.63, 3.8) is 0 Å². The number of rotatable bonds is 6. The predicted octanol–water partition coefficient (Wildman–Crippen LogP) is 6.82. The summed E-state index contributed by atoms with van der Waals surface area (Å²) in [4.78, 5) is 21.7. The molecule has 4 aromatic rings. The molecule has 0 radical (unpaired) electrons. The standard InChI is InChI=1S/C29H25Cl2F3N4O/c1-36(16-20-7-9-21(10-8-20)29(32,33)34)28-35-27(39)23-18-37(22-11-12-24(30)25(31)15-22)14-13-26(23)38(28)17-19-5-3-2-4-6-19/h2-12,15H,13-14,16-18H2,1H3. The summed E-state index contributed by atoms with van der Waals surface area (Å²) >= 11 is 12.3. The number of halogens is 5. The SMILES string of the molecule is CN(Cc1ccc(C(F)(F)F)cc1)c1nc(=O)c2c(n1Cc1ccccc1)CCN(c1ccc(Cl)c(Cl)c1)C2. The van der Waals surface area contributed by atoms with Crippen LogP contribution >= 0.6 is 23.2 Å². The van der Waals surface area contributed by atoms with Crippen LogP contribution in [0.5, 0.6) is 0 Å². The Hall–Kier alpha value is -3.49. The third kappa shape index (κ3) is 5.92. The first-order valence-corrected chi connectivity index (χ1v) is 13.1. The van der Waals surface area contributed by atoms with Crippen molar-refractivity contribution in [3.8, 4) is 0 Å². The minimum atomic E-state index is -4.40. The summed E-state index contributed by atoms with van der Waals surface area (Å²) in [5, 5.41) is 0.908. The van der Waals surface area contributed by atoms with Crippen molar-refractivity contribution in [2.75, 3.05) is 23.4 Å². The second kappa shape index (κ2) is 10.9. The van der Waals surface area contributed by atoms with Crippen molar-refractivity contribution < 1.29 is 13.2 Å². The number of fused-ring (bicyclic) bond motifs is 1. The molecule has 0 saturated carbocycles. The second-order valence-corrected chi connectivity index (χ2v) is 10.3. The fraction of sp³-hybridized carbons (Fsp3) is 0.241. The Kier molecular flexibility index (Phi) is 7.60. The molecule has 0 aliphatic carbocycles. The van der Waals surface area contributed by atoms with Gasteiger partial charge in [0.05, 0.1) is 34.3 Å². The minimum Gasteiger partial charge on any atom is -0.366 e. The Morgan fingerprint density at radius 1 is 0.949 bits per heavy atom. The second-order valence-electron chi connectivity index (χ2n) is 9.53. The van der Waals surface area contributed by atoms with E-state index in [0.29, 0.717) is 53.2 Å². The number of anilines is 2. The average molecular weight is 573 g/mol. The monoisotopic (exact) mass is 572 g/mol. The Morgan fingerprint density at radius 2 is 1.67 bits per heavy atom. The van der Waals surface area contributed by atoms with Gasteiger partial charge >= 0.3 is 6.18 Å². The van der Waals surface area contributed by atoms with Gasteiger partial charge in [0.1, 0.15) is 0 Å².